The van der Waals surface area contributed by atoms with Crippen LogP contribution in [0.2, 0.25) is 0 Å². The Morgan fingerprint density at radius 1 is 1.47 bits per heavy atom. The fourth-order valence-corrected chi connectivity index (χ4v) is 2.03. The molecule has 2 rings (SSSR count). The number of hydrogen-bond acceptors (Lipinski definition) is 3. The van der Waals surface area contributed by atoms with Crippen LogP contribution >= 0.6 is 0 Å². The van der Waals surface area contributed by atoms with Crippen LogP contribution in [0.1, 0.15) is 11.1 Å². The van der Waals surface area contributed by atoms with Crippen LogP contribution in [0.15, 0.2) is 24.3 Å². The first-order chi connectivity index (χ1) is 8.06. The van der Waals surface area contributed by atoms with Crippen LogP contribution in [-0.2, 0) is 19.9 Å². The number of hydrogen-bond donors (Lipinski definition) is 2. The second kappa shape index (κ2) is 4.18. The Balaban J connectivity index is 2.52. The topological polar surface area (TPSA) is 75.6 Å². The lowest BCUT2D eigenvalue weighted by molar-refractivity contribution is -0.158. The highest BCUT2D eigenvalue weighted by Crippen LogP contribution is 2.27. The Bertz CT molecular complexity index is 471. The summed E-state index contributed by atoms with van der Waals surface area (Å²) in [5.41, 5.74) is -0.109. The van der Waals surface area contributed by atoms with Crippen molar-refractivity contribution in [1.82, 2.24) is 5.32 Å². The maximum Gasteiger partial charge on any atom is 0.336 e. The van der Waals surface area contributed by atoms with Crippen molar-refractivity contribution in [3.63, 3.8) is 0 Å². The van der Waals surface area contributed by atoms with E-state index in [4.69, 9.17) is 4.74 Å². The van der Waals surface area contributed by atoms with Crippen molar-refractivity contribution in [1.29, 1.82) is 0 Å². The Morgan fingerprint density at radius 2 is 2.18 bits per heavy atom. The highest BCUT2D eigenvalue weighted by Gasteiger charge is 2.45. The van der Waals surface area contributed by atoms with E-state index in [-0.39, 0.29) is 13.2 Å². The predicted molar refractivity (Wildman–Crippen MR) is 59.5 cm³/mol. The summed E-state index contributed by atoms with van der Waals surface area (Å²) in [5.74, 6) is -1.53. The van der Waals surface area contributed by atoms with Gasteiger partial charge in [-0.25, -0.2) is 4.79 Å². The zero-order valence-electron chi connectivity index (χ0n) is 9.40. The van der Waals surface area contributed by atoms with Crippen molar-refractivity contribution >= 4 is 11.9 Å². The Morgan fingerprint density at radius 3 is 2.76 bits per heavy atom. The fourth-order valence-electron chi connectivity index (χ4n) is 2.03. The molecule has 1 saturated heterocycles. The van der Waals surface area contributed by atoms with E-state index in [2.05, 4.69) is 5.32 Å². The molecule has 5 nitrogen and oxygen atoms in total. The SMILES string of the molecule is Cc1ccccc1C1(C(=O)O)COCC(=O)N1. The Kier molecular flexibility index (Phi) is 2.85. The van der Waals surface area contributed by atoms with E-state index in [1.807, 2.05) is 6.07 Å². The van der Waals surface area contributed by atoms with Gasteiger partial charge in [0.25, 0.3) is 0 Å². The number of aliphatic carboxylic acids is 1. The average molecular weight is 235 g/mol. The first-order valence-electron chi connectivity index (χ1n) is 5.24. The lowest BCUT2D eigenvalue weighted by Crippen LogP contribution is -2.59. The molecule has 0 saturated carbocycles. The van der Waals surface area contributed by atoms with E-state index in [9.17, 15) is 14.7 Å². The van der Waals surface area contributed by atoms with Crippen LogP contribution < -0.4 is 5.32 Å². The summed E-state index contributed by atoms with van der Waals surface area (Å²) in [6.45, 7) is 1.65. The van der Waals surface area contributed by atoms with E-state index in [1.165, 1.54) is 0 Å². The molecule has 1 unspecified atom stereocenters. The maximum atomic E-state index is 11.5. The molecule has 1 aliphatic heterocycles. The summed E-state index contributed by atoms with van der Waals surface area (Å²) < 4.78 is 5.08. The number of benzene rings is 1. The minimum atomic E-state index is -1.47. The quantitative estimate of drug-likeness (QED) is 0.779. The summed E-state index contributed by atoms with van der Waals surface area (Å²) in [6, 6.07) is 7.06. The van der Waals surface area contributed by atoms with E-state index in [0.717, 1.165) is 5.56 Å². The smallest absolute Gasteiger partial charge is 0.336 e. The summed E-state index contributed by atoms with van der Waals surface area (Å²) in [4.78, 5) is 22.8. The summed E-state index contributed by atoms with van der Waals surface area (Å²) >= 11 is 0. The molecule has 17 heavy (non-hydrogen) atoms. The number of carbonyl (C=O) groups is 2. The third-order valence-corrected chi connectivity index (χ3v) is 2.87. The van der Waals surface area contributed by atoms with E-state index in [1.54, 1.807) is 25.1 Å². The number of morpholine rings is 1. The molecule has 0 spiro atoms. The monoisotopic (exact) mass is 235 g/mol. The molecule has 1 heterocycles. The normalized spacial score (nSPS) is 24.2. The molecule has 0 radical (unpaired) electrons. The Labute approximate surface area is 98.4 Å². The molecular weight excluding hydrogens is 222 g/mol. The highest BCUT2D eigenvalue weighted by atomic mass is 16.5. The largest absolute Gasteiger partial charge is 0.479 e. The predicted octanol–water partition coefficient (Wildman–Crippen LogP) is 0.421. The third-order valence-electron chi connectivity index (χ3n) is 2.87. The van der Waals surface area contributed by atoms with E-state index in [0.29, 0.717) is 5.56 Å². The van der Waals surface area contributed by atoms with Gasteiger partial charge < -0.3 is 15.2 Å². The molecular formula is C12H13NO4. The van der Waals surface area contributed by atoms with Gasteiger partial charge in [0.1, 0.15) is 6.61 Å². The van der Waals surface area contributed by atoms with Crippen molar-refractivity contribution in [2.45, 2.75) is 12.5 Å². The van der Waals surface area contributed by atoms with Gasteiger partial charge in [0.05, 0.1) is 6.61 Å². The molecule has 90 valence electrons. The van der Waals surface area contributed by atoms with Crippen molar-refractivity contribution in [2.24, 2.45) is 0 Å². The number of ether oxygens (including phenoxy) is 1. The highest BCUT2D eigenvalue weighted by molar-refractivity contribution is 5.90. The van der Waals surface area contributed by atoms with Crippen LogP contribution in [0.3, 0.4) is 0 Å². The van der Waals surface area contributed by atoms with Gasteiger partial charge in [-0.3, -0.25) is 4.79 Å². The van der Waals surface area contributed by atoms with Crippen LogP contribution in [0.25, 0.3) is 0 Å². The van der Waals surface area contributed by atoms with Gasteiger partial charge in [-0.2, -0.15) is 0 Å². The molecule has 1 aliphatic rings. The molecule has 0 aliphatic carbocycles. The molecule has 1 aromatic rings. The van der Waals surface area contributed by atoms with Crippen molar-refractivity contribution in [3.8, 4) is 0 Å². The number of rotatable bonds is 2. The molecule has 1 aromatic carbocycles. The molecule has 2 N–H and O–H groups in total. The molecule has 1 atom stereocenters. The summed E-state index contributed by atoms with van der Waals surface area (Å²) in [5, 5.41) is 11.9. The molecule has 1 fully saturated rings. The molecule has 0 bridgehead atoms. The van der Waals surface area contributed by atoms with Gasteiger partial charge in [0.15, 0.2) is 5.54 Å². The van der Waals surface area contributed by atoms with Gasteiger partial charge in [-0.05, 0) is 18.1 Å². The van der Waals surface area contributed by atoms with Crippen molar-refractivity contribution in [3.05, 3.63) is 35.4 Å². The average Bonchev–Trinajstić information content (AvgIpc) is 2.29. The third kappa shape index (κ3) is 1.89. The fraction of sp³-hybridized carbons (Fsp3) is 0.333. The standard InChI is InChI=1S/C12H13NO4/c1-8-4-2-3-5-9(8)12(11(15)16)7-17-6-10(14)13-12/h2-5H,6-7H2,1H3,(H,13,14)(H,15,16). The minimum absolute atomic E-state index is 0.0566. The lowest BCUT2D eigenvalue weighted by atomic mass is 9.86. The first kappa shape index (κ1) is 11.6. The lowest BCUT2D eigenvalue weighted by Gasteiger charge is -2.35. The van der Waals surface area contributed by atoms with Crippen molar-refractivity contribution in [2.75, 3.05) is 13.2 Å². The number of amides is 1. The van der Waals surface area contributed by atoms with Gasteiger partial charge >= 0.3 is 5.97 Å². The Hall–Kier alpha value is -1.88. The zero-order chi connectivity index (χ0) is 12.5. The number of carboxylic acid groups (broad SMARTS) is 1. The van der Waals surface area contributed by atoms with Gasteiger partial charge in [-0.15, -0.1) is 0 Å². The maximum absolute atomic E-state index is 11.5. The second-order valence-electron chi connectivity index (χ2n) is 4.07. The zero-order valence-corrected chi connectivity index (χ0v) is 9.40. The second-order valence-corrected chi connectivity index (χ2v) is 4.07. The van der Waals surface area contributed by atoms with Crippen LogP contribution in [0, 0.1) is 6.92 Å². The molecule has 1 amide bonds. The van der Waals surface area contributed by atoms with Crippen molar-refractivity contribution < 1.29 is 19.4 Å². The molecule has 5 heteroatoms. The van der Waals surface area contributed by atoms with Gasteiger partial charge in [0, 0.05) is 0 Å². The summed E-state index contributed by atoms with van der Waals surface area (Å²) in [6.07, 6.45) is 0. The van der Waals surface area contributed by atoms with Crippen LogP contribution in [-0.4, -0.2) is 30.2 Å². The van der Waals surface area contributed by atoms with Crippen LogP contribution in [0.5, 0.6) is 0 Å². The van der Waals surface area contributed by atoms with Gasteiger partial charge in [-0.1, -0.05) is 24.3 Å². The van der Waals surface area contributed by atoms with Gasteiger partial charge in [0.2, 0.25) is 5.91 Å². The number of carboxylic acids is 1. The number of nitrogens with one attached hydrogen (secondary N) is 1. The first-order valence-corrected chi connectivity index (χ1v) is 5.24. The number of carbonyl (C=O) groups excluding carboxylic acids is 1. The van der Waals surface area contributed by atoms with Crippen LogP contribution in [0.4, 0.5) is 0 Å². The van der Waals surface area contributed by atoms with E-state index >= 15 is 0 Å². The van der Waals surface area contributed by atoms with E-state index < -0.39 is 17.4 Å². The minimum Gasteiger partial charge on any atom is -0.479 e. The molecule has 0 aromatic heterocycles. The number of aryl methyl sites for hydroxylation is 1. The summed E-state index contributed by atoms with van der Waals surface area (Å²) in [7, 11) is 0.